The zero-order valence-electron chi connectivity index (χ0n) is 14.6. The quantitative estimate of drug-likeness (QED) is 0.826. The standard InChI is InChI=1S/C17H25N5O3/c1-14-4-2-3-6-21(14)7-5-18-17(23)22(8-15-10-24-12-19-15)9-16-11-25-13-20-16/h10-14H,2-9H2,1H3,(H,18,23)/t14-/m1/s1. The van der Waals surface area contributed by atoms with Gasteiger partial charge in [0, 0.05) is 19.1 Å². The minimum Gasteiger partial charge on any atom is -0.451 e. The molecule has 0 aliphatic carbocycles. The highest BCUT2D eigenvalue weighted by molar-refractivity contribution is 5.74. The van der Waals surface area contributed by atoms with Crippen LogP contribution < -0.4 is 5.32 Å². The molecule has 0 aromatic carbocycles. The third-order valence-electron chi connectivity index (χ3n) is 4.58. The first kappa shape index (κ1) is 17.5. The van der Waals surface area contributed by atoms with E-state index in [0.717, 1.165) is 13.1 Å². The largest absolute Gasteiger partial charge is 0.451 e. The SMILES string of the molecule is C[C@@H]1CCCCN1CCNC(=O)N(Cc1cocn1)Cc1cocn1. The number of carbonyl (C=O) groups excluding carboxylic acids is 1. The van der Waals surface area contributed by atoms with Gasteiger partial charge in [-0.2, -0.15) is 0 Å². The lowest BCUT2D eigenvalue weighted by Gasteiger charge is -2.33. The number of nitrogens with zero attached hydrogens (tertiary/aromatic N) is 4. The molecule has 0 spiro atoms. The summed E-state index contributed by atoms with van der Waals surface area (Å²) >= 11 is 0. The second-order valence-electron chi connectivity index (χ2n) is 6.43. The normalized spacial score (nSPS) is 18.2. The number of hydrogen-bond donors (Lipinski definition) is 1. The van der Waals surface area contributed by atoms with E-state index in [0.29, 0.717) is 37.1 Å². The van der Waals surface area contributed by atoms with Crippen molar-refractivity contribution in [2.24, 2.45) is 0 Å². The van der Waals surface area contributed by atoms with Crippen LogP contribution in [0.25, 0.3) is 0 Å². The molecule has 0 bridgehead atoms. The average Bonchev–Trinajstić information content (AvgIpc) is 3.30. The summed E-state index contributed by atoms with van der Waals surface area (Å²) in [7, 11) is 0. The number of aromatic nitrogens is 2. The van der Waals surface area contributed by atoms with Gasteiger partial charge in [-0.3, -0.25) is 4.90 Å². The van der Waals surface area contributed by atoms with Gasteiger partial charge in [-0.15, -0.1) is 0 Å². The third kappa shape index (κ3) is 5.06. The Hall–Kier alpha value is -2.35. The van der Waals surface area contributed by atoms with Crippen LogP contribution in [0.1, 0.15) is 37.6 Å². The van der Waals surface area contributed by atoms with Crippen molar-refractivity contribution in [2.75, 3.05) is 19.6 Å². The molecule has 0 unspecified atom stereocenters. The molecule has 1 saturated heterocycles. The van der Waals surface area contributed by atoms with Crippen LogP contribution in [0.15, 0.2) is 34.1 Å². The van der Waals surface area contributed by atoms with E-state index in [9.17, 15) is 4.79 Å². The Bertz CT molecular complexity index is 593. The fourth-order valence-corrected chi connectivity index (χ4v) is 3.13. The Morgan fingerprint density at radius 3 is 2.48 bits per heavy atom. The Kier molecular flexibility index (Phi) is 6.05. The minimum absolute atomic E-state index is 0.143. The molecule has 136 valence electrons. The summed E-state index contributed by atoms with van der Waals surface area (Å²) in [5.74, 6) is 0. The van der Waals surface area contributed by atoms with E-state index in [1.807, 2.05) is 0 Å². The second kappa shape index (κ2) is 8.66. The van der Waals surface area contributed by atoms with Gasteiger partial charge in [0.05, 0.1) is 24.5 Å². The highest BCUT2D eigenvalue weighted by Gasteiger charge is 2.20. The topological polar surface area (TPSA) is 87.6 Å². The van der Waals surface area contributed by atoms with E-state index >= 15 is 0 Å². The molecule has 0 saturated carbocycles. The molecule has 1 aliphatic rings. The van der Waals surface area contributed by atoms with Crippen LogP contribution in [0.2, 0.25) is 0 Å². The molecule has 2 amide bonds. The molecule has 3 rings (SSSR count). The summed E-state index contributed by atoms with van der Waals surface area (Å²) in [5.41, 5.74) is 1.39. The molecular formula is C17H25N5O3. The number of nitrogens with one attached hydrogen (secondary N) is 1. The van der Waals surface area contributed by atoms with Crippen LogP contribution in [0.4, 0.5) is 4.79 Å². The maximum atomic E-state index is 12.6. The van der Waals surface area contributed by atoms with Crippen molar-refractivity contribution < 1.29 is 13.6 Å². The molecule has 1 fully saturated rings. The van der Waals surface area contributed by atoms with Crippen molar-refractivity contribution in [3.8, 4) is 0 Å². The predicted molar refractivity (Wildman–Crippen MR) is 90.5 cm³/mol. The van der Waals surface area contributed by atoms with E-state index in [2.05, 4.69) is 27.1 Å². The molecular weight excluding hydrogens is 322 g/mol. The number of likely N-dealkylation sites (tertiary alicyclic amines) is 1. The van der Waals surface area contributed by atoms with Gasteiger partial charge in [-0.05, 0) is 26.3 Å². The molecule has 2 aromatic rings. The lowest BCUT2D eigenvalue weighted by molar-refractivity contribution is 0.156. The number of oxazole rings is 2. The first-order chi connectivity index (χ1) is 12.2. The van der Waals surface area contributed by atoms with Gasteiger partial charge >= 0.3 is 6.03 Å². The van der Waals surface area contributed by atoms with Gasteiger partial charge in [-0.25, -0.2) is 14.8 Å². The van der Waals surface area contributed by atoms with Crippen molar-refractivity contribution in [3.63, 3.8) is 0 Å². The van der Waals surface area contributed by atoms with E-state index in [-0.39, 0.29) is 6.03 Å². The monoisotopic (exact) mass is 347 g/mol. The van der Waals surface area contributed by atoms with E-state index in [1.165, 1.54) is 32.0 Å². The summed E-state index contributed by atoms with van der Waals surface area (Å²) in [6.07, 6.45) is 9.57. The number of rotatable bonds is 7. The van der Waals surface area contributed by atoms with Crippen molar-refractivity contribution in [1.29, 1.82) is 0 Å². The molecule has 1 N–H and O–H groups in total. The Morgan fingerprint density at radius 2 is 1.92 bits per heavy atom. The fraction of sp³-hybridized carbons (Fsp3) is 0.588. The zero-order valence-corrected chi connectivity index (χ0v) is 14.6. The highest BCUT2D eigenvalue weighted by Crippen LogP contribution is 2.15. The van der Waals surface area contributed by atoms with Gasteiger partial charge in [-0.1, -0.05) is 6.42 Å². The molecule has 0 radical (unpaired) electrons. The second-order valence-corrected chi connectivity index (χ2v) is 6.43. The Labute approximate surface area is 147 Å². The smallest absolute Gasteiger partial charge is 0.318 e. The van der Waals surface area contributed by atoms with E-state index in [1.54, 1.807) is 17.4 Å². The summed E-state index contributed by atoms with van der Waals surface area (Å²) in [6, 6.07) is 0.447. The van der Waals surface area contributed by atoms with Crippen molar-refractivity contribution in [2.45, 2.75) is 45.3 Å². The number of amides is 2. The van der Waals surface area contributed by atoms with Gasteiger partial charge in [0.25, 0.3) is 0 Å². The van der Waals surface area contributed by atoms with Crippen LogP contribution in [0.5, 0.6) is 0 Å². The average molecular weight is 347 g/mol. The van der Waals surface area contributed by atoms with Crippen LogP contribution in [0, 0.1) is 0 Å². The molecule has 1 atom stereocenters. The lowest BCUT2D eigenvalue weighted by atomic mass is 10.0. The predicted octanol–water partition coefficient (Wildman–Crippen LogP) is 2.25. The van der Waals surface area contributed by atoms with Gasteiger partial charge in [0.2, 0.25) is 0 Å². The Balaban J connectivity index is 1.52. The first-order valence-corrected chi connectivity index (χ1v) is 8.73. The van der Waals surface area contributed by atoms with Crippen molar-refractivity contribution in [1.82, 2.24) is 25.1 Å². The van der Waals surface area contributed by atoms with E-state index in [4.69, 9.17) is 8.83 Å². The summed E-state index contributed by atoms with van der Waals surface area (Å²) < 4.78 is 9.98. The summed E-state index contributed by atoms with van der Waals surface area (Å²) in [4.78, 5) is 24.9. The number of piperidine rings is 1. The van der Waals surface area contributed by atoms with Gasteiger partial charge in [0.15, 0.2) is 12.8 Å². The molecule has 8 heteroatoms. The van der Waals surface area contributed by atoms with Gasteiger partial charge < -0.3 is 19.1 Å². The maximum absolute atomic E-state index is 12.6. The van der Waals surface area contributed by atoms with Gasteiger partial charge in [0.1, 0.15) is 12.5 Å². The van der Waals surface area contributed by atoms with Crippen LogP contribution in [0.3, 0.4) is 0 Å². The molecule has 25 heavy (non-hydrogen) atoms. The third-order valence-corrected chi connectivity index (χ3v) is 4.58. The minimum atomic E-state index is -0.143. The lowest BCUT2D eigenvalue weighted by Crippen LogP contribution is -2.45. The summed E-state index contributed by atoms with van der Waals surface area (Å²) in [6.45, 7) is 5.57. The molecule has 1 aliphatic heterocycles. The molecule has 2 aromatic heterocycles. The number of urea groups is 1. The molecule has 8 nitrogen and oxygen atoms in total. The van der Waals surface area contributed by atoms with Crippen LogP contribution in [-0.2, 0) is 13.1 Å². The van der Waals surface area contributed by atoms with Crippen LogP contribution in [-0.4, -0.2) is 51.5 Å². The first-order valence-electron chi connectivity index (χ1n) is 8.73. The number of carbonyl (C=O) groups is 1. The fourth-order valence-electron chi connectivity index (χ4n) is 3.13. The van der Waals surface area contributed by atoms with E-state index < -0.39 is 0 Å². The maximum Gasteiger partial charge on any atom is 0.318 e. The highest BCUT2D eigenvalue weighted by atomic mass is 16.3. The zero-order chi connectivity index (χ0) is 17.5. The Morgan fingerprint density at radius 1 is 1.24 bits per heavy atom. The van der Waals surface area contributed by atoms with Crippen molar-refractivity contribution in [3.05, 3.63) is 36.7 Å². The van der Waals surface area contributed by atoms with Crippen molar-refractivity contribution >= 4 is 6.03 Å². The number of hydrogen-bond acceptors (Lipinski definition) is 6. The van der Waals surface area contributed by atoms with Crippen LogP contribution >= 0.6 is 0 Å². The molecule has 3 heterocycles. The summed E-state index contributed by atoms with van der Waals surface area (Å²) in [5, 5.41) is 3.00.